The molecule has 1 aromatic carbocycles. The lowest BCUT2D eigenvalue weighted by Crippen LogP contribution is -2.41. The van der Waals surface area contributed by atoms with Crippen molar-refractivity contribution in [2.45, 2.75) is 39.0 Å². The number of aromatic nitrogens is 5. The molecule has 1 amide bonds. The fraction of sp³-hybridized carbons (Fsp3) is 0.350. The smallest absolute Gasteiger partial charge is 0.416 e. The molecule has 1 fully saturated rings. The highest BCUT2D eigenvalue weighted by Crippen LogP contribution is 2.26. The number of aliphatic hydroxyl groups excluding tert-OH is 1. The summed E-state index contributed by atoms with van der Waals surface area (Å²) in [5.41, 5.74) is 2.18. The highest BCUT2D eigenvalue weighted by Gasteiger charge is 2.38. The SMILES string of the molecule is Cc1cc(N2C(=O)OC[C@@H]2[C@@H](C)O)nc(N[C@@H](C)c2cn(-c3ccc(Cl)cc3)nn2)n1. The first-order valence-electron chi connectivity index (χ1n) is 9.76. The Morgan fingerprint density at radius 3 is 2.71 bits per heavy atom. The number of halogens is 1. The number of ether oxygens (including phenoxy) is 1. The standard InChI is InChI=1S/C20H22ClN7O3/c1-11-8-18(28-17(13(3)29)10-31-20(28)30)24-19(22-11)23-12(2)16-9-27(26-25-16)15-6-4-14(21)5-7-15/h4-9,12-13,17,29H,10H2,1-3H3,(H,22,23,24)/t12-,13+,17+/m0/s1. The molecule has 31 heavy (non-hydrogen) atoms. The maximum Gasteiger partial charge on any atom is 0.416 e. The van der Waals surface area contributed by atoms with E-state index in [0.717, 1.165) is 5.69 Å². The van der Waals surface area contributed by atoms with Crippen molar-refractivity contribution in [3.05, 3.63) is 52.9 Å². The summed E-state index contributed by atoms with van der Waals surface area (Å²) >= 11 is 5.94. The molecule has 0 spiro atoms. The number of benzene rings is 1. The van der Waals surface area contributed by atoms with Gasteiger partial charge in [0, 0.05) is 16.8 Å². The van der Waals surface area contributed by atoms with Crippen molar-refractivity contribution in [2.75, 3.05) is 16.8 Å². The number of rotatable bonds is 6. The molecule has 0 radical (unpaired) electrons. The van der Waals surface area contributed by atoms with Gasteiger partial charge in [0.05, 0.1) is 24.0 Å². The van der Waals surface area contributed by atoms with Crippen molar-refractivity contribution in [3.8, 4) is 5.69 Å². The van der Waals surface area contributed by atoms with Crippen molar-refractivity contribution < 1.29 is 14.6 Å². The predicted octanol–water partition coefficient (Wildman–Crippen LogP) is 2.90. The number of nitrogens with one attached hydrogen (secondary N) is 1. The Morgan fingerprint density at radius 2 is 2.00 bits per heavy atom. The van der Waals surface area contributed by atoms with Crippen molar-refractivity contribution in [2.24, 2.45) is 0 Å². The van der Waals surface area contributed by atoms with Crippen molar-refractivity contribution in [1.29, 1.82) is 0 Å². The Hall–Kier alpha value is -3.24. The van der Waals surface area contributed by atoms with Crippen LogP contribution in [0.5, 0.6) is 0 Å². The Balaban J connectivity index is 1.54. The van der Waals surface area contributed by atoms with E-state index in [4.69, 9.17) is 16.3 Å². The molecule has 4 rings (SSSR count). The van der Waals surface area contributed by atoms with Gasteiger partial charge in [0.2, 0.25) is 5.95 Å². The molecule has 3 atom stereocenters. The summed E-state index contributed by atoms with van der Waals surface area (Å²) in [4.78, 5) is 22.4. The number of cyclic esters (lactones) is 1. The van der Waals surface area contributed by atoms with Gasteiger partial charge in [0.25, 0.3) is 0 Å². The molecule has 3 aromatic rings. The van der Waals surface area contributed by atoms with Crippen LogP contribution in [0.2, 0.25) is 5.02 Å². The number of carbonyl (C=O) groups is 1. The molecular weight excluding hydrogens is 422 g/mol. The minimum Gasteiger partial charge on any atom is -0.447 e. The Bertz CT molecular complexity index is 1090. The number of aryl methyl sites for hydroxylation is 1. The van der Waals surface area contributed by atoms with E-state index in [9.17, 15) is 9.90 Å². The molecule has 1 aliphatic heterocycles. The van der Waals surface area contributed by atoms with Crippen molar-refractivity contribution in [3.63, 3.8) is 0 Å². The number of nitrogens with zero attached hydrogens (tertiary/aromatic N) is 6. The molecule has 10 nitrogen and oxygen atoms in total. The molecule has 3 heterocycles. The average molecular weight is 444 g/mol. The zero-order chi connectivity index (χ0) is 22.1. The zero-order valence-corrected chi connectivity index (χ0v) is 18.0. The van der Waals surface area contributed by atoms with E-state index in [0.29, 0.717) is 28.2 Å². The van der Waals surface area contributed by atoms with E-state index in [1.165, 1.54) is 4.90 Å². The topological polar surface area (TPSA) is 118 Å². The Labute approximate surface area is 183 Å². The third-order valence-electron chi connectivity index (χ3n) is 4.94. The molecule has 11 heteroatoms. The normalized spacial score (nSPS) is 18.0. The fourth-order valence-electron chi connectivity index (χ4n) is 3.26. The van der Waals surface area contributed by atoms with E-state index in [1.54, 1.807) is 42.9 Å². The maximum absolute atomic E-state index is 12.2. The highest BCUT2D eigenvalue weighted by atomic mass is 35.5. The summed E-state index contributed by atoms with van der Waals surface area (Å²) in [6.45, 7) is 5.42. The van der Waals surface area contributed by atoms with Gasteiger partial charge in [0.1, 0.15) is 24.2 Å². The second kappa shape index (κ2) is 8.48. The van der Waals surface area contributed by atoms with Crippen LogP contribution in [0, 0.1) is 6.92 Å². The van der Waals surface area contributed by atoms with E-state index in [2.05, 4.69) is 25.6 Å². The third-order valence-corrected chi connectivity index (χ3v) is 5.19. The van der Waals surface area contributed by atoms with Crippen LogP contribution in [-0.4, -0.2) is 54.9 Å². The van der Waals surface area contributed by atoms with Gasteiger partial charge in [-0.25, -0.2) is 14.5 Å². The molecular formula is C20H22ClN7O3. The van der Waals surface area contributed by atoms with Crippen LogP contribution in [0.3, 0.4) is 0 Å². The lowest BCUT2D eigenvalue weighted by molar-refractivity contribution is 0.142. The first kappa shape index (κ1) is 21.0. The summed E-state index contributed by atoms with van der Waals surface area (Å²) in [6, 6.07) is 8.18. The summed E-state index contributed by atoms with van der Waals surface area (Å²) in [5, 5.41) is 22.2. The number of amides is 1. The molecule has 0 aliphatic carbocycles. The van der Waals surface area contributed by atoms with Crippen molar-refractivity contribution in [1.82, 2.24) is 25.0 Å². The largest absolute Gasteiger partial charge is 0.447 e. The second-order valence-corrected chi connectivity index (χ2v) is 7.81. The lowest BCUT2D eigenvalue weighted by Gasteiger charge is -2.23. The molecule has 1 saturated heterocycles. The van der Waals surface area contributed by atoms with Gasteiger partial charge in [0.15, 0.2) is 0 Å². The molecule has 2 aromatic heterocycles. The molecule has 0 bridgehead atoms. The molecule has 162 valence electrons. The quantitative estimate of drug-likeness (QED) is 0.597. The minimum absolute atomic E-state index is 0.104. The van der Waals surface area contributed by atoms with Crippen LogP contribution >= 0.6 is 11.6 Å². The van der Waals surface area contributed by atoms with Crippen LogP contribution in [-0.2, 0) is 4.74 Å². The number of hydrogen-bond donors (Lipinski definition) is 2. The van der Waals surface area contributed by atoms with Crippen LogP contribution in [0.1, 0.15) is 31.3 Å². The molecule has 2 N–H and O–H groups in total. The van der Waals surface area contributed by atoms with Crippen LogP contribution < -0.4 is 10.2 Å². The average Bonchev–Trinajstić information content (AvgIpc) is 3.35. The minimum atomic E-state index is -0.764. The van der Waals surface area contributed by atoms with Gasteiger partial charge in [-0.1, -0.05) is 16.8 Å². The summed E-state index contributed by atoms with van der Waals surface area (Å²) in [6.07, 6.45) is 0.493. The Morgan fingerprint density at radius 1 is 1.26 bits per heavy atom. The van der Waals surface area contributed by atoms with Crippen LogP contribution in [0.4, 0.5) is 16.6 Å². The van der Waals surface area contributed by atoms with Gasteiger partial charge in [-0.15, -0.1) is 5.10 Å². The number of aliphatic hydroxyl groups is 1. The highest BCUT2D eigenvalue weighted by molar-refractivity contribution is 6.30. The predicted molar refractivity (Wildman–Crippen MR) is 114 cm³/mol. The van der Waals surface area contributed by atoms with E-state index in [-0.39, 0.29) is 12.6 Å². The van der Waals surface area contributed by atoms with Gasteiger partial charge in [-0.2, -0.15) is 4.98 Å². The Kier molecular flexibility index (Phi) is 5.75. The van der Waals surface area contributed by atoms with Gasteiger partial charge in [-0.3, -0.25) is 4.90 Å². The van der Waals surface area contributed by atoms with Gasteiger partial charge >= 0.3 is 6.09 Å². The van der Waals surface area contributed by atoms with Crippen molar-refractivity contribution >= 4 is 29.5 Å². The van der Waals surface area contributed by atoms with Gasteiger partial charge < -0.3 is 15.2 Å². The first-order chi connectivity index (χ1) is 14.8. The molecule has 0 unspecified atom stereocenters. The van der Waals surface area contributed by atoms with E-state index < -0.39 is 18.2 Å². The van der Waals surface area contributed by atoms with Crippen LogP contribution in [0.25, 0.3) is 5.69 Å². The summed E-state index contributed by atoms with van der Waals surface area (Å²) in [5.74, 6) is 0.688. The molecule has 1 aliphatic rings. The van der Waals surface area contributed by atoms with Crippen LogP contribution in [0.15, 0.2) is 36.5 Å². The maximum atomic E-state index is 12.2. The summed E-state index contributed by atoms with van der Waals surface area (Å²) < 4.78 is 6.75. The summed E-state index contributed by atoms with van der Waals surface area (Å²) in [7, 11) is 0. The zero-order valence-electron chi connectivity index (χ0n) is 17.2. The first-order valence-corrected chi connectivity index (χ1v) is 10.1. The number of carbonyl (C=O) groups excluding carboxylic acids is 1. The number of anilines is 2. The molecule has 0 saturated carbocycles. The number of hydrogen-bond acceptors (Lipinski definition) is 8. The van der Waals surface area contributed by atoms with Gasteiger partial charge in [-0.05, 0) is 45.0 Å². The third kappa shape index (κ3) is 4.44. The fourth-order valence-corrected chi connectivity index (χ4v) is 3.38. The van der Waals surface area contributed by atoms with E-state index >= 15 is 0 Å². The monoisotopic (exact) mass is 443 g/mol. The second-order valence-electron chi connectivity index (χ2n) is 7.38. The van der Waals surface area contributed by atoms with E-state index in [1.807, 2.05) is 19.1 Å². The lowest BCUT2D eigenvalue weighted by atomic mass is 10.2.